The van der Waals surface area contributed by atoms with E-state index in [1.54, 1.807) is 13.3 Å². The van der Waals surface area contributed by atoms with Gasteiger partial charge in [0.2, 0.25) is 0 Å². The molecule has 0 saturated carbocycles. The van der Waals surface area contributed by atoms with E-state index < -0.39 is 0 Å². The normalized spacial score (nSPS) is 16.7. The number of nitrogens with one attached hydrogen (secondary N) is 1. The van der Waals surface area contributed by atoms with Crippen molar-refractivity contribution in [2.75, 3.05) is 38.7 Å². The molecule has 0 radical (unpaired) electrons. The number of methoxy groups -OCH3 is 1. The Labute approximate surface area is 160 Å². The van der Waals surface area contributed by atoms with Gasteiger partial charge in [-0.25, -0.2) is 4.79 Å². The number of piperidine rings is 1. The Hall–Kier alpha value is -2.83. The van der Waals surface area contributed by atoms with Crippen LogP contribution in [0, 0.1) is 0 Å². The summed E-state index contributed by atoms with van der Waals surface area (Å²) in [5.41, 5.74) is 1.14. The number of urea groups is 1. The fourth-order valence-electron chi connectivity index (χ4n) is 3.37. The van der Waals surface area contributed by atoms with Crippen molar-refractivity contribution in [3.8, 4) is 5.75 Å². The van der Waals surface area contributed by atoms with Crippen molar-refractivity contribution in [3.63, 3.8) is 0 Å². The molecule has 2 amide bonds. The number of ether oxygens (including phenoxy) is 1. The lowest BCUT2D eigenvalue weighted by atomic mass is 10.0. The van der Waals surface area contributed by atoms with Crippen molar-refractivity contribution < 1.29 is 9.53 Å². The molecule has 0 unspecified atom stereocenters. The second kappa shape index (κ2) is 9.21. The summed E-state index contributed by atoms with van der Waals surface area (Å²) in [6.45, 7) is 2.32. The zero-order valence-corrected chi connectivity index (χ0v) is 16.0. The van der Waals surface area contributed by atoms with Crippen LogP contribution in [0.3, 0.4) is 0 Å². The Morgan fingerprint density at radius 1 is 1.37 bits per heavy atom. The highest BCUT2D eigenvalue weighted by Gasteiger charge is 2.26. The van der Waals surface area contributed by atoms with E-state index in [0.717, 1.165) is 49.5 Å². The van der Waals surface area contributed by atoms with Crippen LogP contribution in [-0.2, 0) is 6.42 Å². The third-order valence-corrected chi connectivity index (χ3v) is 4.97. The quantitative estimate of drug-likeness (QED) is 0.846. The van der Waals surface area contributed by atoms with Crippen molar-refractivity contribution in [2.24, 2.45) is 0 Å². The van der Waals surface area contributed by atoms with Crippen molar-refractivity contribution >= 4 is 11.8 Å². The minimum absolute atomic E-state index is 0.0381. The van der Waals surface area contributed by atoms with E-state index in [0.29, 0.717) is 6.54 Å². The number of aromatic nitrogens is 2. The Bertz CT molecular complexity index is 740. The first-order chi connectivity index (χ1) is 13.2. The molecule has 7 heteroatoms. The van der Waals surface area contributed by atoms with Crippen LogP contribution >= 0.6 is 0 Å². The van der Waals surface area contributed by atoms with Gasteiger partial charge in [-0.15, -0.1) is 5.10 Å². The van der Waals surface area contributed by atoms with E-state index in [1.165, 1.54) is 0 Å². The highest BCUT2D eigenvalue weighted by atomic mass is 16.5. The van der Waals surface area contributed by atoms with Gasteiger partial charge in [0.15, 0.2) is 5.82 Å². The van der Waals surface area contributed by atoms with Gasteiger partial charge in [0.1, 0.15) is 5.75 Å². The lowest BCUT2D eigenvalue weighted by molar-refractivity contribution is 0.182. The summed E-state index contributed by atoms with van der Waals surface area (Å²) in [6.07, 6.45) is 4.47. The number of hydrogen-bond acceptors (Lipinski definition) is 5. The van der Waals surface area contributed by atoms with Crippen LogP contribution in [0.1, 0.15) is 18.4 Å². The number of likely N-dealkylation sites (N-methyl/N-ethyl adjacent to an activating group) is 1. The lowest BCUT2D eigenvalue weighted by Crippen LogP contribution is -2.51. The van der Waals surface area contributed by atoms with Crippen molar-refractivity contribution in [2.45, 2.75) is 25.3 Å². The Kier molecular flexibility index (Phi) is 6.46. The molecule has 1 aromatic carbocycles. The van der Waals surface area contributed by atoms with Gasteiger partial charge in [-0.05, 0) is 49.1 Å². The average Bonchev–Trinajstić information content (AvgIpc) is 2.74. The number of amides is 2. The van der Waals surface area contributed by atoms with Crippen LogP contribution in [0.25, 0.3) is 0 Å². The first-order valence-corrected chi connectivity index (χ1v) is 9.33. The van der Waals surface area contributed by atoms with E-state index in [4.69, 9.17) is 4.74 Å². The monoisotopic (exact) mass is 369 g/mol. The van der Waals surface area contributed by atoms with Crippen LogP contribution < -0.4 is 15.0 Å². The molecule has 1 aromatic heterocycles. The zero-order valence-electron chi connectivity index (χ0n) is 16.0. The van der Waals surface area contributed by atoms with Gasteiger partial charge in [0, 0.05) is 32.9 Å². The number of carbonyl (C=O) groups excluding carboxylic acids is 1. The molecular weight excluding hydrogens is 342 g/mol. The first-order valence-electron chi connectivity index (χ1n) is 9.33. The van der Waals surface area contributed by atoms with Crippen molar-refractivity contribution in [3.05, 3.63) is 48.2 Å². The molecule has 1 atom stereocenters. The van der Waals surface area contributed by atoms with Crippen LogP contribution in [0.15, 0.2) is 42.6 Å². The van der Waals surface area contributed by atoms with Crippen LogP contribution in [0.4, 0.5) is 10.6 Å². The number of anilines is 1. The average molecular weight is 369 g/mol. The summed E-state index contributed by atoms with van der Waals surface area (Å²) in [4.78, 5) is 16.6. The van der Waals surface area contributed by atoms with Crippen molar-refractivity contribution in [1.29, 1.82) is 0 Å². The SMILES string of the molecule is COc1cccc(CCNC(=O)N(C)[C@@H]2CCCN(c3cccnn3)C2)c1. The molecule has 27 heavy (non-hydrogen) atoms. The first kappa shape index (κ1) is 18.9. The van der Waals surface area contributed by atoms with Gasteiger partial charge >= 0.3 is 6.03 Å². The summed E-state index contributed by atoms with van der Waals surface area (Å²) in [7, 11) is 3.52. The number of hydrogen-bond donors (Lipinski definition) is 1. The largest absolute Gasteiger partial charge is 0.497 e. The fourth-order valence-corrected chi connectivity index (χ4v) is 3.37. The molecule has 1 N–H and O–H groups in total. The van der Waals surface area contributed by atoms with Crippen LogP contribution in [0.2, 0.25) is 0 Å². The molecular formula is C20H27N5O2. The standard InChI is InChI=1S/C20H27N5O2/c1-24(17-7-5-13-25(15-17)19-9-4-11-22-23-19)20(26)21-12-10-16-6-3-8-18(14-16)27-2/h3-4,6,8-9,11,14,17H,5,7,10,12-13,15H2,1-2H3,(H,21,26)/t17-/m1/s1. The Morgan fingerprint density at radius 2 is 2.26 bits per heavy atom. The molecule has 1 aliphatic rings. The predicted octanol–water partition coefficient (Wildman–Crippen LogP) is 2.34. The van der Waals surface area contributed by atoms with Gasteiger partial charge in [-0.3, -0.25) is 0 Å². The summed E-state index contributed by atoms with van der Waals surface area (Å²) >= 11 is 0. The van der Waals surface area contributed by atoms with E-state index in [1.807, 2.05) is 48.3 Å². The molecule has 2 aromatic rings. The Balaban J connectivity index is 1.49. The second-order valence-corrected chi connectivity index (χ2v) is 6.77. The highest BCUT2D eigenvalue weighted by molar-refractivity contribution is 5.74. The number of carbonyl (C=O) groups is 1. The van der Waals surface area contributed by atoms with E-state index >= 15 is 0 Å². The number of nitrogens with zero attached hydrogens (tertiary/aromatic N) is 4. The molecule has 1 saturated heterocycles. The minimum atomic E-state index is -0.0381. The minimum Gasteiger partial charge on any atom is -0.497 e. The van der Waals surface area contributed by atoms with Gasteiger partial charge < -0.3 is 19.9 Å². The zero-order chi connectivity index (χ0) is 19.1. The molecule has 1 fully saturated rings. The smallest absolute Gasteiger partial charge is 0.317 e. The van der Waals surface area contributed by atoms with Crippen LogP contribution in [0.5, 0.6) is 5.75 Å². The van der Waals surface area contributed by atoms with E-state index in [9.17, 15) is 4.79 Å². The molecule has 7 nitrogen and oxygen atoms in total. The molecule has 1 aliphatic heterocycles. The highest BCUT2D eigenvalue weighted by Crippen LogP contribution is 2.19. The third kappa shape index (κ3) is 5.09. The van der Waals surface area contributed by atoms with E-state index in [2.05, 4.69) is 20.4 Å². The number of benzene rings is 1. The predicted molar refractivity (Wildman–Crippen MR) is 105 cm³/mol. The second-order valence-electron chi connectivity index (χ2n) is 6.77. The molecule has 3 rings (SSSR count). The van der Waals surface area contributed by atoms with E-state index in [-0.39, 0.29) is 12.1 Å². The number of rotatable bonds is 6. The Morgan fingerprint density at radius 3 is 3.04 bits per heavy atom. The fraction of sp³-hybridized carbons (Fsp3) is 0.450. The maximum atomic E-state index is 12.5. The molecule has 2 heterocycles. The van der Waals surface area contributed by atoms with Gasteiger partial charge in [-0.2, -0.15) is 5.10 Å². The van der Waals surface area contributed by atoms with Gasteiger partial charge in [0.25, 0.3) is 0 Å². The lowest BCUT2D eigenvalue weighted by Gasteiger charge is -2.37. The molecule has 144 valence electrons. The molecule has 0 bridgehead atoms. The van der Waals surface area contributed by atoms with Crippen LogP contribution in [-0.4, -0.2) is 61.0 Å². The maximum Gasteiger partial charge on any atom is 0.317 e. The van der Waals surface area contributed by atoms with Gasteiger partial charge in [-0.1, -0.05) is 12.1 Å². The molecule has 0 aliphatic carbocycles. The third-order valence-electron chi connectivity index (χ3n) is 4.97. The summed E-state index contributed by atoms with van der Waals surface area (Å²) in [5.74, 6) is 1.70. The molecule has 0 spiro atoms. The maximum absolute atomic E-state index is 12.5. The topological polar surface area (TPSA) is 70.6 Å². The summed E-state index contributed by atoms with van der Waals surface area (Å²) < 4.78 is 5.24. The summed E-state index contributed by atoms with van der Waals surface area (Å²) in [5, 5.41) is 11.2. The van der Waals surface area contributed by atoms with Crippen molar-refractivity contribution in [1.82, 2.24) is 20.4 Å². The van der Waals surface area contributed by atoms with Gasteiger partial charge in [0.05, 0.1) is 13.2 Å². The summed E-state index contributed by atoms with van der Waals surface area (Å²) in [6, 6.07) is 11.9.